The summed E-state index contributed by atoms with van der Waals surface area (Å²) in [4.78, 5) is 23.0. The number of hydrogen-bond acceptors (Lipinski definition) is 4. The second kappa shape index (κ2) is 20.2. The molecule has 0 radical (unpaired) electrons. The van der Waals surface area contributed by atoms with E-state index in [-0.39, 0.29) is 23.0 Å². The Balaban J connectivity index is -0.000000231. The maximum Gasteiger partial charge on any atom is 0 e. The van der Waals surface area contributed by atoms with Crippen molar-refractivity contribution in [3.63, 3.8) is 0 Å². The van der Waals surface area contributed by atoms with Crippen LogP contribution in [0.2, 0.25) is 0 Å². The van der Waals surface area contributed by atoms with E-state index in [4.69, 9.17) is 14.0 Å². The fourth-order valence-corrected chi connectivity index (χ4v) is 1.69. The van der Waals surface area contributed by atoms with Crippen LogP contribution in [0.1, 0.15) is 13.3 Å². The van der Waals surface area contributed by atoms with E-state index in [1.165, 1.54) is 14.2 Å². The third kappa shape index (κ3) is 11.4. The number of rotatable bonds is 3. The first-order chi connectivity index (χ1) is 10.6. The van der Waals surface area contributed by atoms with Gasteiger partial charge in [0.1, 0.15) is 0 Å². The second-order valence-corrected chi connectivity index (χ2v) is 3.73. The zero-order valence-corrected chi connectivity index (χ0v) is 13.9. The summed E-state index contributed by atoms with van der Waals surface area (Å²) in [5.41, 5.74) is 1.13. The Bertz CT molecular complexity index is 430. The molecule has 126 valence electrons. The van der Waals surface area contributed by atoms with Crippen molar-refractivity contribution in [2.24, 2.45) is 11.8 Å². The molecule has 0 aromatic rings. The third-order valence-electron chi connectivity index (χ3n) is 2.66. The van der Waals surface area contributed by atoms with E-state index in [0.29, 0.717) is 6.42 Å². The van der Waals surface area contributed by atoms with Crippen molar-refractivity contribution in [2.75, 3.05) is 14.2 Å². The quantitative estimate of drug-likeness (QED) is 0.247. The molecule has 0 saturated heterocycles. The van der Waals surface area contributed by atoms with Crippen LogP contribution >= 0.6 is 0 Å². The predicted molar refractivity (Wildman–Crippen MR) is 70.3 cm³/mol. The van der Waals surface area contributed by atoms with Gasteiger partial charge in [-0.3, -0.25) is 9.59 Å². The van der Waals surface area contributed by atoms with E-state index in [0.717, 1.165) is 5.57 Å². The number of allylic oxidation sites excluding steroid dienone is 4. The molecule has 0 fully saturated rings. The summed E-state index contributed by atoms with van der Waals surface area (Å²) in [6.45, 7) is 15.5. The summed E-state index contributed by atoms with van der Waals surface area (Å²) in [6, 6.07) is 0. The first kappa shape index (κ1) is 29.2. The third-order valence-corrected chi connectivity index (χ3v) is 2.66. The van der Waals surface area contributed by atoms with Crippen molar-refractivity contribution in [1.29, 1.82) is 0 Å². The zero-order chi connectivity index (χ0) is 18.1. The van der Waals surface area contributed by atoms with Crippen LogP contribution in [0.5, 0.6) is 0 Å². The Hall–Kier alpha value is -1.84. The minimum absolute atomic E-state index is 0. The molecule has 8 heteroatoms. The van der Waals surface area contributed by atoms with Crippen molar-refractivity contribution in [3.8, 4) is 0 Å². The Morgan fingerprint density at radius 1 is 1.09 bits per heavy atom. The molecular weight excluding hydrogens is 348 g/mol. The predicted octanol–water partition coefficient (Wildman–Crippen LogP) is 1.36. The van der Waals surface area contributed by atoms with Gasteiger partial charge in [-0.25, -0.2) is 0 Å². The van der Waals surface area contributed by atoms with Crippen LogP contribution < -0.4 is 0 Å². The first-order valence-electron chi connectivity index (χ1n) is 5.72. The normalized spacial score (nSPS) is 13.7. The molecule has 1 unspecified atom stereocenters. The maximum absolute atomic E-state index is 11.5. The minimum Gasteiger partial charge on any atom is 0 e. The fourth-order valence-electron chi connectivity index (χ4n) is 1.69. The van der Waals surface area contributed by atoms with Crippen molar-refractivity contribution in [2.45, 2.75) is 13.3 Å². The van der Waals surface area contributed by atoms with E-state index in [1.54, 1.807) is 0 Å². The number of esters is 2. The van der Waals surface area contributed by atoms with Crippen LogP contribution in [0.15, 0.2) is 23.8 Å². The Labute approximate surface area is 145 Å². The molecule has 1 aliphatic carbocycles. The molecule has 1 rings (SSSR count). The summed E-state index contributed by atoms with van der Waals surface area (Å²) in [6.07, 6.45) is 6.39. The largest absolute Gasteiger partial charge is 0 e. The van der Waals surface area contributed by atoms with Crippen LogP contribution in [0.3, 0.4) is 0 Å². The van der Waals surface area contributed by atoms with Crippen molar-refractivity contribution in [3.05, 3.63) is 43.8 Å². The average Bonchev–Trinajstić information content (AvgIpc) is 2.61. The van der Waals surface area contributed by atoms with Gasteiger partial charge in [0.2, 0.25) is 0 Å². The number of carbonyl (C=O) groups excluding carboxylic acids is 2. The summed E-state index contributed by atoms with van der Waals surface area (Å²) >= 11 is 0. The van der Waals surface area contributed by atoms with E-state index >= 15 is 0 Å². The van der Waals surface area contributed by atoms with Crippen LogP contribution in [-0.2, 0) is 50.1 Å². The molecule has 0 amide bonds. The number of methoxy groups -OCH3 is 2. The molecule has 0 saturated carbocycles. The van der Waals surface area contributed by atoms with Crippen molar-refractivity contribution in [1.82, 2.24) is 0 Å². The summed E-state index contributed by atoms with van der Waals surface area (Å²) in [5.74, 6) is -2.14. The molecule has 0 bridgehead atoms. The van der Waals surface area contributed by atoms with Crippen molar-refractivity contribution < 1.29 is 50.1 Å². The molecule has 0 heterocycles. The number of carbonyl (C=O) groups is 2. The molecule has 0 aromatic carbocycles. The van der Waals surface area contributed by atoms with Gasteiger partial charge in [0.05, 0.1) is 14.2 Å². The molecule has 7 nitrogen and oxygen atoms in total. The number of hydrogen-bond donors (Lipinski definition) is 0. The van der Waals surface area contributed by atoms with Gasteiger partial charge >= 0.3 is 45.8 Å². The monoisotopic (exact) mass is 364 g/mol. The first-order valence-corrected chi connectivity index (χ1v) is 5.72. The topological polar surface area (TPSA) is 112 Å². The van der Waals surface area contributed by atoms with Gasteiger partial charge in [0, 0.05) is 23.0 Å². The van der Waals surface area contributed by atoms with E-state index in [2.05, 4.69) is 29.4 Å². The van der Waals surface area contributed by atoms with E-state index in [9.17, 15) is 9.59 Å². The van der Waals surface area contributed by atoms with Gasteiger partial charge in [-0.15, -0.1) is 0 Å². The van der Waals surface area contributed by atoms with Gasteiger partial charge in [-0.2, -0.15) is 0 Å². The van der Waals surface area contributed by atoms with E-state index < -0.39 is 17.9 Å². The van der Waals surface area contributed by atoms with Gasteiger partial charge in [-0.1, -0.05) is 23.8 Å². The van der Waals surface area contributed by atoms with Crippen LogP contribution in [0.4, 0.5) is 0 Å². The molecule has 23 heavy (non-hydrogen) atoms. The molecule has 1 aliphatic rings. The summed E-state index contributed by atoms with van der Waals surface area (Å²) in [7, 11) is 2.54. The zero-order valence-electron chi connectivity index (χ0n) is 12.8. The maximum atomic E-state index is 11.5. The Morgan fingerprint density at radius 3 is 1.74 bits per heavy atom. The molecule has 0 spiro atoms. The van der Waals surface area contributed by atoms with Gasteiger partial charge in [-0.05, 0) is 13.3 Å². The van der Waals surface area contributed by atoms with Gasteiger partial charge in [0.25, 0.3) is 0 Å². The Morgan fingerprint density at radius 2 is 1.48 bits per heavy atom. The van der Waals surface area contributed by atoms with Crippen LogP contribution in [-0.4, -0.2) is 26.2 Å². The van der Waals surface area contributed by atoms with Crippen LogP contribution in [0.25, 0.3) is 0 Å². The summed E-state index contributed by atoms with van der Waals surface area (Å²) < 4.78 is 31.7. The standard InChI is InChI=1S/C12H16O4.3CO.Fe/c1-8-4-6-9(7-5-8)10(11(13)15-2)12(14)16-3;3*1-2;/h4-6,9-10H,7H2,1-3H3;;;;. The SMILES string of the molecule is COC(=O)C(C(=O)OC)C1C=CC(C)=CC1.[C-]#[O+].[C-]#[O+].[C-]#[O+].[Fe]. The van der Waals surface area contributed by atoms with Crippen LogP contribution in [0, 0.1) is 31.8 Å². The molecule has 0 aliphatic heterocycles. The smallest absolute Gasteiger partial charge is 0 e. The number of ether oxygens (including phenoxy) is 2. The molecule has 1 atom stereocenters. The average molecular weight is 364 g/mol. The van der Waals surface area contributed by atoms with Crippen molar-refractivity contribution >= 4 is 11.9 Å². The minimum atomic E-state index is -0.865. The fraction of sp³-hybridized carbons (Fsp3) is 0.400. The second-order valence-electron chi connectivity index (χ2n) is 3.73. The summed E-state index contributed by atoms with van der Waals surface area (Å²) in [5, 5.41) is 0. The van der Waals surface area contributed by atoms with Gasteiger partial charge in [0.15, 0.2) is 5.92 Å². The van der Waals surface area contributed by atoms with Gasteiger partial charge < -0.3 is 9.47 Å². The Kier molecular flexibility index (Phi) is 25.6. The molecule has 0 N–H and O–H groups in total. The van der Waals surface area contributed by atoms with E-state index in [1.807, 2.05) is 25.2 Å². The molecule has 0 aromatic heterocycles. The molecular formula is C15H16FeO7.